The fourth-order valence-electron chi connectivity index (χ4n) is 2.22. The molecule has 4 heteroatoms. The molecule has 3 nitrogen and oxygen atoms in total. The summed E-state index contributed by atoms with van der Waals surface area (Å²) in [5.41, 5.74) is 0. The summed E-state index contributed by atoms with van der Waals surface area (Å²) >= 11 is 1.53. The molecule has 2 unspecified atom stereocenters. The molecule has 130 valence electrons. The topological polar surface area (TPSA) is 43.4 Å². The van der Waals surface area contributed by atoms with Crippen molar-refractivity contribution in [1.82, 2.24) is 0 Å². The molecule has 0 N–H and O–H groups in total. The summed E-state index contributed by atoms with van der Waals surface area (Å²) < 4.78 is 5.37. The highest BCUT2D eigenvalue weighted by molar-refractivity contribution is 8.00. The first-order valence-electron chi connectivity index (χ1n) is 8.82. The number of rotatable bonds is 14. The summed E-state index contributed by atoms with van der Waals surface area (Å²) in [6.45, 7) is 8.97. The van der Waals surface area contributed by atoms with Crippen molar-refractivity contribution in [2.75, 3.05) is 12.4 Å². The Morgan fingerprint density at radius 1 is 1.09 bits per heavy atom. The Bertz CT molecular complexity index is 305. The lowest BCUT2D eigenvalue weighted by Gasteiger charge is -2.15. The van der Waals surface area contributed by atoms with Crippen LogP contribution in [0.4, 0.5) is 0 Å². The number of Topliss-reactive ketones (excluding diaryl/α,β-unsaturated/α-hetero) is 1. The van der Waals surface area contributed by atoms with Crippen molar-refractivity contribution in [3.8, 4) is 0 Å². The van der Waals surface area contributed by atoms with Gasteiger partial charge in [0.25, 0.3) is 0 Å². The summed E-state index contributed by atoms with van der Waals surface area (Å²) in [6.07, 6.45) is 7.82. The van der Waals surface area contributed by atoms with Gasteiger partial charge in [0.05, 0.1) is 12.4 Å². The number of hydrogen-bond acceptors (Lipinski definition) is 4. The van der Waals surface area contributed by atoms with Crippen molar-refractivity contribution >= 4 is 23.5 Å². The molecule has 0 aromatic rings. The van der Waals surface area contributed by atoms with Crippen LogP contribution in [0.25, 0.3) is 0 Å². The van der Waals surface area contributed by atoms with Gasteiger partial charge < -0.3 is 4.74 Å². The molecule has 0 amide bonds. The van der Waals surface area contributed by atoms with Gasteiger partial charge in [-0.1, -0.05) is 53.4 Å². The van der Waals surface area contributed by atoms with Gasteiger partial charge in [-0.25, -0.2) is 0 Å². The predicted octanol–water partition coefficient (Wildman–Crippen LogP) is 5.02. The van der Waals surface area contributed by atoms with Gasteiger partial charge in [-0.15, -0.1) is 11.8 Å². The highest BCUT2D eigenvalue weighted by atomic mass is 32.2. The van der Waals surface area contributed by atoms with Gasteiger partial charge in [-0.05, 0) is 18.8 Å². The van der Waals surface area contributed by atoms with Gasteiger partial charge in [0, 0.05) is 18.1 Å². The molecule has 0 aromatic heterocycles. The van der Waals surface area contributed by atoms with Crippen LogP contribution in [-0.2, 0) is 14.3 Å². The van der Waals surface area contributed by atoms with E-state index < -0.39 is 0 Å². The number of ether oxygens (including phenoxy) is 1. The standard InChI is InChI=1S/C18H34O3S/c1-5-8-10-16(7-3)13-21-18(20)14-22-15(4)12-17(19)11-9-6-2/h15-16H,5-14H2,1-4H3. The third-order valence-corrected chi connectivity index (χ3v) is 4.97. The zero-order valence-corrected chi connectivity index (χ0v) is 15.7. The first-order valence-corrected chi connectivity index (χ1v) is 9.87. The van der Waals surface area contributed by atoms with Gasteiger partial charge in [0.1, 0.15) is 5.78 Å². The summed E-state index contributed by atoms with van der Waals surface area (Å²) in [5, 5.41) is 0.193. The summed E-state index contributed by atoms with van der Waals surface area (Å²) in [4.78, 5) is 23.5. The molecule has 0 aliphatic carbocycles. The van der Waals surface area contributed by atoms with Crippen molar-refractivity contribution in [1.29, 1.82) is 0 Å². The van der Waals surface area contributed by atoms with Gasteiger partial charge in [0.2, 0.25) is 0 Å². The Balaban J connectivity index is 3.80. The minimum absolute atomic E-state index is 0.146. The maximum atomic E-state index is 11.8. The van der Waals surface area contributed by atoms with Crippen molar-refractivity contribution < 1.29 is 14.3 Å². The molecule has 0 spiro atoms. The van der Waals surface area contributed by atoms with Crippen LogP contribution in [0.2, 0.25) is 0 Å². The van der Waals surface area contributed by atoms with Crippen LogP contribution in [0, 0.1) is 5.92 Å². The van der Waals surface area contributed by atoms with Crippen LogP contribution in [0.5, 0.6) is 0 Å². The van der Waals surface area contributed by atoms with Gasteiger partial charge >= 0.3 is 5.97 Å². The summed E-state index contributed by atoms with van der Waals surface area (Å²) in [5.74, 6) is 1.00. The number of hydrogen-bond donors (Lipinski definition) is 0. The molecule has 0 heterocycles. The molecule has 0 radical (unpaired) electrons. The molecular weight excluding hydrogens is 296 g/mol. The maximum Gasteiger partial charge on any atom is 0.315 e. The van der Waals surface area contributed by atoms with Crippen molar-refractivity contribution in [2.45, 2.75) is 84.3 Å². The van der Waals surface area contributed by atoms with E-state index >= 15 is 0 Å². The van der Waals surface area contributed by atoms with E-state index in [0.29, 0.717) is 36.9 Å². The van der Waals surface area contributed by atoms with E-state index in [1.807, 2.05) is 6.92 Å². The minimum atomic E-state index is -0.146. The van der Waals surface area contributed by atoms with E-state index in [4.69, 9.17) is 4.74 Å². The van der Waals surface area contributed by atoms with Gasteiger partial charge in [-0.2, -0.15) is 0 Å². The predicted molar refractivity (Wildman–Crippen MR) is 95.3 cm³/mol. The molecule has 22 heavy (non-hydrogen) atoms. The van der Waals surface area contributed by atoms with E-state index in [-0.39, 0.29) is 11.2 Å². The normalized spacial score (nSPS) is 13.6. The molecule has 0 saturated heterocycles. The number of carbonyl (C=O) groups is 2. The molecule has 0 rings (SSSR count). The van der Waals surface area contributed by atoms with E-state index in [9.17, 15) is 9.59 Å². The molecule has 2 atom stereocenters. The second-order valence-corrected chi connectivity index (χ2v) is 7.49. The van der Waals surface area contributed by atoms with Crippen molar-refractivity contribution in [3.05, 3.63) is 0 Å². The van der Waals surface area contributed by atoms with E-state index in [0.717, 1.165) is 25.7 Å². The molecule has 0 fully saturated rings. The first-order chi connectivity index (χ1) is 10.5. The third-order valence-electron chi connectivity index (χ3n) is 3.83. The summed E-state index contributed by atoms with van der Waals surface area (Å²) in [7, 11) is 0. The van der Waals surface area contributed by atoms with Crippen LogP contribution >= 0.6 is 11.8 Å². The lowest BCUT2D eigenvalue weighted by Crippen LogP contribution is -2.17. The zero-order valence-electron chi connectivity index (χ0n) is 14.9. The Kier molecular flexibility index (Phi) is 13.8. The Hall–Kier alpha value is -0.510. The number of carbonyl (C=O) groups excluding carboxylic acids is 2. The van der Waals surface area contributed by atoms with E-state index in [1.165, 1.54) is 24.6 Å². The molecule has 0 bridgehead atoms. The number of ketones is 1. The Morgan fingerprint density at radius 3 is 2.36 bits per heavy atom. The second kappa shape index (κ2) is 14.1. The fraction of sp³-hybridized carbons (Fsp3) is 0.889. The quantitative estimate of drug-likeness (QED) is 0.420. The number of thioether (sulfide) groups is 1. The maximum absolute atomic E-state index is 11.8. The zero-order chi connectivity index (χ0) is 16.8. The summed E-state index contributed by atoms with van der Waals surface area (Å²) in [6, 6.07) is 0. The highest BCUT2D eigenvalue weighted by Crippen LogP contribution is 2.17. The second-order valence-electron chi connectivity index (χ2n) is 6.07. The average Bonchev–Trinajstić information content (AvgIpc) is 2.51. The molecule has 0 aliphatic heterocycles. The number of unbranched alkanes of at least 4 members (excludes halogenated alkanes) is 2. The molecule has 0 aliphatic rings. The van der Waals surface area contributed by atoms with Gasteiger partial charge in [-0.3, -0.25) is 9.59 Å². The SMILES string of the molecule is CCCCC(=O)CC(C)SCC(=O)OCC(CC)CCCC. The monoisotopic (exact) mass is 330 g/mol. The smallest absolute Gasteiger partial charge is 0.315 e. The average molecular weight is 331 g/mol. The fourth-order valence-corrected chi connectivity index (χ4v) is 3.02. The van der Waals surface area contributed by atoms with Crippen LogP contribution < -0.4 is 0 Å². The van der Waals surface area contributed by atoms with Crippen LogP contribution in [0.3, 0.4) is 0 Å². The first kappa shape index (κ1) is 21.5. The molecular formula is C18H34O3S. The minimum Gasteiger partial charge on any atom is -0.465 e. The van der Waals surface area contributed by atoms with Crippen LogP contribution in [0.15, 0.2) is 0 Å². The molecule has 0 saturated carbocycles. The van der Waals surface area contributed by atoms with Crippen LogP contribution in [-0.4, -0.2) is 29.4 Å². The Morgan fingerprint density at radius 2 is 1.77 bits per heavy atom. The number of esters is 1. The van der Waals surface area contributed by atoms with E-state index in [2.05, 4.69) is 20.8 Å². The van der Waals surface area contributed by atoms with Crippen molar-refractivity contribution in [3.63, 3.8) is 0 Å². The van der Waals surface area contributed by atoms with Crippen LogP contribution in [0.1, 0.15) is 79.1 Å². The molecule has 0 aromatic carbocycles. The van der Waals surface area contributed by atoms with Gasteiger partial charge in [0.15, 0.2) is 0 Å². The lowest BCUT2D eigenvalue weighted by atomic mass is 10.0. The third kappa shape index (κ3) is 12.1. The Labute approximate surface area is 141 Å². The largest absolute Gasteiger partial charge is 0.465 e. The highest BCUT2D eigenvalue weighted by Gasteiger charge is 2.14. The van der Waals surface area contributed by atoms with Crippen molar-refractivity contribution in [2.24, 2.45) is 5.92 Å². The van der Waals surface area contributed by atoms with E-state index in [1.54, 1.807) is 0 Å². The lowest BCUT2D eigenvalue weighted by molar-refractivity contribution is -0.141.